The van der Waals surface area contributed by atoms with E-state index in [0.29, 0.717) is 0 Å². The Hall–Kier alpha value is -0.610. The lowest BCUT2D eigenvalue weighted by Gasteiger charge is -2.40. The first kappa shape index (κ1) is 17.4. The van der Waals surface area contributed by atoms with Crippen molar-refractivity contribution in [3.63, 3.8) is 0 Å². The number of amides is 1. The van der Waals surface area contributed by atoms with Gasteiger partial charge in [0.25, 0.3) is 0 Å². The van der Waals surface area contributed by atoms with E-state index in [1.165, 1.54) is 0 Å². The van der Waals surface area contributed by atoms with Gasteiger partial charge >= 0.3 is 0 Å². The fourth-order valence-corrected chi connectivity index (χ4v) is 3.25. The molecular formula is C16H33N3O. The average molecular weight is 283 g/mol. The molecule has 0 bridgehead atoms. The third-order valence-corrected chi connectivity index (χ3v) is 4.83. The fourth-order valence-electron chi connectivity index (χ4n) is 3.25. The van der Waals surface area contributed by atoms with Crippen LogP contribution in [-0.4, -0.2) is 43.0 Å². The maximum atomic E-state index is 12.6. The van der Waals surface area contributed by atoms with Gasteiger partial charge in [-0.05, 0) is 46.2 Å². The van der Waals surface area contributed by atoms with Crippen LogP contribution in [0.4, 0.5) is 0 Å². The average Bonchev–Trinajstić information content (AvgIpc) is 2.26. The van der Waals surface area contributed by atoms with Gasteiger partial charge in [0.2, 0.25) is 5.91 Å². The van der Waals surface area contributed by atoms with Crippen LogP contribution in [0.1, 0.15) is 53.4 Å². The van der Waals surface area contributed by atoms with Gasteiger partial charge in [-0.2, -0.15) is 0 Å². The Morgan fingerprint density at radius 3 is 2.55 bits per heavy atom. The molecule has 118 valence electrons. The first-order valence-electron chi connectivity index (χ1n) is 7.80. The molecule has 0 heterocycles. The number of nitrogens with one attached hydrogen (secondary N) is 1. The summed E-state index contributed by atoms with van der Waals surface area (Å²) >= 11 is 0. The van der Waals surface area contributed by atoms with Crippen LogP contribution in [0.25, 0.3) is 0 Å². The van der Waals surface area contributed by atoms with Crippen molar-refractivity contribution in [2.75, 3.05) is 20.6 Å². The normalized spacial score (nSPS) is 29.3. The van der Waals surface area contributed by atoms with Crippen molar-refractivity contribution in [1.82, 2.24) is 10.2 Å². The van der Waals surface area contributed by atoms with Crippen molar-refractivity contribution in [3.8, 4) is 0 Å². The van der Waals surface area contributed by atoms with Gasteiger partial charge in [0.1, 0.15) is 0 Å². The van der Waals surface area contributed by atoms with Crippen molar-refractivity contribution in [2.45, 2.75) is 65.0 Å². The third kappa shape index (κ3) is 4.45. The molecule has 3 N–H and O–H groups in total. The van der Waals surface area contributed by atoms with E-state index < -0.39 is 0 Å². The van der Waals surface area contributed by atoms with Crippen LogP contribution >= 0.6 is 0 Å². The van der Waals surface area contributed by atoms with E-state index >= 15 is 0 Å². The monoisotopic (exact) mass is 283 g/mol. The number of rotatable bonds is 5. The number of nitrogens with two attached hydrogens (primary N) is 1. The fraction of sp³-hybridized carbons (Fsp3) is 0.938. The van der Waals surface area contributed by atoms with E-state index in [2.05, 4.69) is 45.1 Å². The zero-order chi connectivity index (χ0) is 15.6. The number of carbonyl (C=O) groups is 1. The molecule has 0 aromatic rings. The van der Waals surface area contributed by atoms with Crippen LogP contribution in [-0.2, 0) is 4.79 Å². The summed E-state index contributed by atoms with van der Waals surface area (Å²) in [6, 6.07) is 0.134. The minimum absolute atomic E-state index is 0.0405. The van der Waals surface area contributed by atoms with E-state index in [1.807, 2.05) is 6.92 Å². The number of nitrogens with zero attached hydrogens (tertiary/aromatic N) is 1. The van der Waals surface area contributed by atoms with Crippen molar-refractivity contribution in [2.24, 2.45) is 17.1 Å². The molecule has 1 aliphatic rings. The Morgan fingerprint density at radius 1 is 1.45 bits per heavy atom. The number of hydrogen-bond acceptors (Lipinski definition) is 3. The molecule has 0 aromatic heterocycles. The Balaban J connectivity index is 2.65. The summed E-state index contributed by atoms with van der Waals surface area (Å²) in [6.45, 7) is 9.45. The van der Waals surface area contributed by atoms with Gasteiger partial charge < -0.3 is 16.0 Å². The molecule has 20 heavy (non-hydrogen) atoms. The smallest absolute Gasteiger partial charge is 0.225 e. The summed E-state index contributed by atoms with van der Waals surface area (Å²) in [5.41, 5.74) is 6.01. The van der Waals surface area contributed by atoms with Gasteiger partial charge in [0.05, 0.1) is 5.92 Å². The maximum Gasteiger partial charge on any atom is 0.225 e. The zero-order valence-electron chi connectivity index (χ0n) is 14.1. The predicted molar refractivity (Wildman–Crippen MR) is 84.5 cm³/mol. The summed E-state index contributed by atoms with van der Waals surface area (Å²) in [5.74, 6) is 0.0860. The Kier molecular flexibility index (Phi) is 5.61. The summed E-state index contributed by atoms with van der Waals surface area (Å²) in [7, 11) is 4.13. The minimum atomic E-state index is -0.353. The van der Waals surface area contributed by atoms with Crippen LogP contribution in [0.15, 0.2) is 0 Å². The second-order valence-electron chi connectivity index (χ2n) is 7.76. The molecule has 3 unspecified atom stereocenters. The highest BCUT2D eigenvalue weighted by Gasteiger charge is 2.39. The van der Waals surface area contributed by atoms with Gasteiger partial charge in [0, 0.05) is 18.1 Å². The molecule has 1 amide bonds. The van der Waals surface area contributed by atoms with E-state index in [-0.39, 0.29) is 28.8 Å². The van der Waals surface area contributed by atoms with Gasteiger partial charge in [-0.25, -0.2) is 0 Å². The molecule has 0 spiro atoms. The van der Waals surface area contributed by atoms with E-state index in [9.17, 15) is 4.79 Å². The van der Waals surface area contributed by atoms with Crippen molar-refractivity contribution in [3.05, 3.63) is 0 Å². The Bertz CT molecular complexity index is 337. The molecule has 0 aliphatic heterocycles. The molecule has 3 atom stereocenters. The standard InChI is InChI=1S/C16H33N3O/c1-12(15(2,3)11-19(5)6)18-14(20)13-9-7-8-10-16(13,4)17/h12-13H,7-11,17H2,1-6H3,(H,18,20). The lowest BCUT2D eigenvalue weighted by Crippen LogP contribution is -2.56. The Morgan fingerprint density at radius 2 is 2.05 bits per heavy atom. The van der Waals surface area contributed by atoms with Gasteiger partial charge in [-0.15, -0.1) is 0 Å². The van der Waals surface area contributed by atoms with Crippen LogP contribution in [0.5, 0.6) is 0 Å². The lowest BCUT2D eigenvalue weighted by molar-refractivity contribution is -0.129. The summed E-state index contributed by atoms with van der Waals surface area (Å²) in [4.78, 5) is 14.7. The molecule has 1 saturated carbocycles. The van der Waals surface area contributed by atoms with Crippen molar-refractivity contribution >= 4 is 5.91 Å². The second-order valence-corrected chi connectivity index (χ2v) is 7.76. The number of carbonyl (C=O) groups excluding carboxylic acids is 1. The molecule has 4 heteroatoms. The van der Waals surface area contributed by atoms with Crippen molar-refractivity contribution in [1.29, 1.82) is 0 Å². The second kappa shape index (κ2) is 6.44. The predicted octanol–water partition coefficient (Wildman–Crippen LogP) is 1.99. The molecule has 0 saturated heterocycles. The minimum Gasteiger partial charge on any atom is -0.353 e. The molecule has 1 aliphatic carbocycles. The molecule has 0 radical (unpaired) electrons. The van der Waals surface area contributed by atoms with Gasteiger partial charge in [0.15, 0.2) is 0 Å². The van der Waals surface area contributed by atoms with Gasteiger partial charge in [-0.1, -0.05) is 26.7 Å². The summed E-state index contributed by atoms with van der Waals surface area (Å²) in [5, 5.41) is 3.21. The number of hydrogen-bond donors (Lipinski definition) is 2. The largest absolute Gasteiger partial charge is 0.353 e. The molecular weight excluding hydrogens is 250 g/mol. The van der Waals surface area contributed by atoms with Crippen LogP contribution in [0, 0.1) is 11.3 Å². The molecule has 0 aromatic carbocycles. The van der Waals surface area contributed by atoms with E-state index in [0.717, 1.165) is 32.2 Å². The van der Waals surface area contributed by atoms with Crippen LogP contribution < -0.4 is 11.1 Å². The van der Waals surface area contributed by atoms with Crippen LogP contribution in [0.2, 0.25) is 0 Å². The highest BCUT2D eigenvalue weighted by Crippen LogP contribution is 2.32. The maximum absolute atomic E-state index is 12.6. The summed E-state index contributed by atoms with van der Waals surface area (Å²) in [6.07, 6.45) is 4.11. The SMILES string of the molecule is CC(NC(=O)C1CCCCC1(C)N)C(C)(C)CN(C)C. The Labute approximate surface area is 124 Å². The summed E-state index contributed by atoms with van der Waals surface area (Å²) < 4.78 is 0. The third-order valence-electron chi connectivity index (χ3n) is 4.83. The highest BCUT2D eigenvalue weighted by molar-refractivity contribution is 5.80. The first-order valence-corrected chi connectivity index (χ1v) is 7.80. The first-order chi connectivity index (χ1) is 9.06. The topological polar surface area (TPSA) is 58.4 Å². The zero-order valence-corrected chi connectivity index (χ0v) is 14.1. The molecule has 1 rings (SSSR count). The molecule has 1 fully saturated rings. The van der Waals surface area contributed by atoms with Crippen LogP contribution in [0.3, 0.4) is 0 Å². The highest BCUT2D eigenvalue weighted by atomic mass is 16.2. The van der Waals surface area contributed by atoms with Crippen molar-refractivity contribution < 1.29 is 4.79 Å². The van der Waals surface area contributed by atoms with E-state index in [1.54, 1.807) is 0 Å². The molecule has 4 nitrogen and oxygen atoms in total. The lowest BCUT2D eigenvalue weighted by atomic mass is 9.73. The van der Waals surface area contributed by atoms with Gasteiger partial charge in [-0.3, -0.25) is 4.79 Å². The quantitative estimate of drug-likeness (QED) is 0.811. The van der Waals surface area contributed by atoms with E-state index in [4.69, 9.17) is 5.73 Å².